The van der Waals surface area contributed by atoms with Gasteiger partial charge >= 0.3 is 5.97 Å². The first-order chi connectivity index (χ1) is 14.7. The number of hydrogen-bond donors (Lipinski definition) is 1. The van der Waals surface area contributed by atoms with Crippen LogP contribution in [0, 0.1) is 0 Å². The van der Waals surface area contributed by atoms with Gasteiger partial charge in [0.25, 0.3) is 0 Å². The van der Waals surface area contributed by atoms with Gasteiger partial charge in [-0.2, -0.15) is 0 Å². The fourth-order valence-electron chi connectivity index (χ4n) is 4.05. The highest BCUT2D eigenvalue weighted by Gasteiger charge is 2.17. The summed E-state index contributed by atoms with van der Waals surface area (Å²) in [6.07, 6.45) is 5.37. The number of aromatic nitrogens is 2. The molecule has 0 saturated carbocycles. The summed E-state index contributed by atoms with van der Waals surface area (Å²) in [5.74, 6) is -0.915. The molecule has 0 spiro atoms. The molecular weight excluding hydrogens is 376 g/mol. The molecule has 0 aliphatic heterocycles. The molecule has 0 aliphatic rings. The molecule has 5 nitrogen and oxygen atoms in total. The lowest BCUT2D eigenvalue weighted by Gasteiger charge is -2.12. The van der Waals surface area contributed by atoms with Crippen molar-refractivity contribution in [2.24, 2.45) is 0 Å². The average molecular weight is 402 g/mol. The van der Waals surface area contributed by atoms with Crippen molar-refractivity contribution in [2.45, 2.75) is 38.8 Å². The van der Waals surface area contributed by atoms with Crippen molar-refractivity contribution in [3.05, 3.63) is 78.1 Å². The second kappa shape index (κ2) is 9.09. The molecule has 0 unspecified atom stereocenters. The van der Waals surface area contributed by atoms with Crippen LogP contribution in [0.3, 0.4) is 0 Å². The molecule has 0 aliphatic carbocycles. The van der Waals surface area contributed by atoms with Crippen LogP contribution in [0.1, 0.15) is 24.5 Å². The molecule has 2 heterocycles. The van der Waals surface area contributed by atoms with Gasteiger partial charge < -0.3 is 14.4 Å². The number of para-hydroxylation sites is 1. The van der Waals surface area contributed by atoms with Gasteiger partial charge in [-0.3, -0.25) is 4.98 Å². The van der Waals surface area contributed by atoms with E-state index in [-0.39, 0.29) is 0 Å². The van der Waals surface area contributed by atoms with Gasteiger partial charge in [-0.15, -0.1) is 0 Å². The number of carboxylic acids is 1. The zero-order chi connectivity index (χ0) is 20.9. The van der Waals surface area contributed by atoms with E-state index < -0.39 is 12.1 Å². The van der Waals surface area contributed by atoms with Crippen molar-refractivity contribution in [2.75, 3.05) is 6.61 Å². The molecule has 1 atom stereocenters. The fraction of sp³-hybridized carbons (Fsp3) is 0.280. The van der Waals surface area contributed by atoms with Crippen molar-refractivity contribution in [1.82, 2.24) is 9.55 Å². The quantitative estimate of drug-likeness (QED) is 0.434. The topological polar surface area (TPSA) is 64.4 Å². The van der Waals surface area contributed by atoms with Gasteiger partial charge in [0.1, 0.15) is 0 Å². The first-order valence-electron chi connectivity index (χ1n) is 10.4. The second-order valence-electron chi connectivity index (χ2n) is 7.47. The molecule has 0 amide bonds. The van der Waals surface area contributed by atoms with Gasteiger partial charge in [-0.05, 0) is 43.0 Å². The van der Waals surface area contributed by atoms with Crippen LogP contribution >= 0.6 is 0 Å². The minimum absolute atomic E-state index is 0.387. The van der Waals surface area contributed by atoms with Gasteiger partial charge in [0, 0.05) is 42.1 Å². The Morgan fingerprint density at radius 2 is 1.77 bits per heavy atom. The standard InChI is InChI=1S/C25H26N2O3/c1-2-30-24(25(28)29)16-19-11-9-18(10-12-19)6-5-15-27-22-8-4-3-7-20(22)21-13-14-26-17-23(21)27/h3-4,7-14,17,24H,2,5-6,15-16H2,1H3,(H,28,29)/t24-/m0/s1. The normalized spacial score (nSPS) is 12.4. The van der Waals surface area contributed by atoms with Crippen molar-refractivity contribution in [3.8, 4) is 0 Å². The molecule has 0 bridgehead atoms. The highest BCUT2D eigenvalue weighted by atomic mass is 16.5. The van der Waals surface area contributed by atoms with E-state index in [1.165, 1.54) is 27.4 Å². The minimum Gasteiger partial charge on any atom is -0.479 e. The molecule has 2 aromatic carbocycles. The third-order valence-corrected chi connectivity index (χ3v) is 5.51. The molecule has 1 N–H and O–H groups in total. The van der Waals surface area contributed by atoms with Gasteiger partial charge in [-0.25, -0.2) is 4.79 Å². The molecule has 4 rings (SSSR count). The summed E-state index contributed by atoms with van der Waals surface area (Å²) in [6, 6.07) is 18.8. The molecular formula is C25H26N2O3. The van der Waals surface area contributed by atoms with Crippen molar-refractivity contribution >= 4 is 27.8 Å². The smallest absolute Gasteiger partial charge is 0.333 e. The Bertz CT molecular complexity index is 1090. The Kier molecular flexibility index (Phi) is 6.10. The largest absolute Gasteiger partial charge is 0.479 e. The summed E-state index contributed by atoms with van der Waals surface area (Å²) >= 11 is 0. The molecule has 5 heteroatoms. The number of carbonyl (C=O) groups is 1. The summed E-state index contributed by atoms with van der Waals surface area (Å²) in [5.41, 5.74) is 4.64. The molecule has 0 radical (unpaired) electrons. The number of pyridine rings is 1. The van der Waals surface area contributed by atoms with E-state index in [0.717, 1.165) is 24.9 Å². The zero-order valence-corrected chi connectivity index (χ0v) is 17.1. The van der Waals surface area contributed by atoms with E-state index in [4.69, 9.17) is 4.74 Å². The van der Waals surface area contributed by atoms with E-state index in [1.54, 1.807) is 0 Å². The summed E-state index contributed by atoms with van der Waals surface area (Å²) < 4.78 is 7.66. The van der Waals surface area contributed by atoms with Crippen LogP contribution in [-0.2, 0) is 28.9 Å². The first-order valence-corrected chi connectivity index (χ1v) is 10.4. The fourth-order valence-corrected chi connectivity index (χ4v) is 4.05. The Morgan fingerprint density at radius 1 is 1.03 bits per heavy atom. The van der Waals surface area contributed by atoms with Gasteiger partial charge in [0.05, 0.1) is 11.7 Å². The predicted molar refractivity (Wildman–Crippen MR) is 119 cm³/mol. The predicted octanol–water partition coefficient (Wildman–Crippen LogP) is 4.85. The van der Waals surface area contributed by atoms with Gasteiger partial charge in [0.2, 0.25) is 0 Å². The Labute approximate surface area is 175 Å². The third-order valence-electron chi connectivity index (χ3n) is 5.51. The highest BCUT2D eigenvalue weighted by molar-refractivity contribution is 6.07. The van der Waals surface area contributed by atoms with E-state index in [0.29, 0.717) is 13.0 Å². The van der Waals surface area contributed by atoms with E-state index >= 15 is 0 Å². The lowest BCUT2D eigenvalue weighted by molar-refractivity contribution is -0.149. The van der Waals surface area contributed by atoms with Crippen LogP contribution in [-0.4, -0.2) is 33.3 Å². The lowest BCUT2D eigenvalue weighted by Crippen LogP contribution is -2.26. The number of fused-ring (bicyclic) bond motifs is 3. The number of carboxylic acid groups (broad SMARTS) is 1. The maximum Gasteiger partial charge on any atom is 0.333 e. The van der Waals surface area contributed by atoms with E-state index in [2.05, 4.69) is 52.0 Å². The van der Waals surface area contributed by atoms with Crippen LogP contribution in [0.5, 0.6) is 0 Å². The first kappa shape index (κ1) is 20.1. The molecule has 2 aromatic heterocycles. The van der Waals surface area contributed by atoms with E-state index in [1.807, 2.05) is 31.5 Å². The number of aliphatic carboxylic acids is 1. The van der Waals surface area contributed by atoms with Gasteiger partial charge in [-0.1, -0.05) is 42.5 Å². The maximum atomic E-state index is 11.3. The van der Waals surface area contributed by atoms with Gasteiger partial charge in [0.15, 0.2) is 6.10 Å². The number of nitrogens with zero attached hydrogens (tertiary/aromatic N) is 2. The maximum absolute atomic E-state index is 11.3. The van der Waals surface area contributed by atoms with E-state index in [9.17, 15) is 9.90 Å². The molecule has 30 heavy (non-hydrogen) atoms. The minimum atomic E-state index is -0.915. The zero-order valence-electron chi connectivity index (χ0n) is 17.1. The number of benzene rings is 2. The second-order valence-corrected chi connectivity index (χ2v) is 7.47. The molecule has 4 aromatic rings. The number of ether oxygens (including phenoxy) is 1. The molecule has 0 fully saturated rings. The van der Waals surface area contributed by atoms with Crippen LogP contribution in [0.25, 0.3) is 21.8 Å². The Hall–Kier alpha value is -3.18. The lowest BCUT2D eigenvalue weighted by atomic mass is 10.0. The monoisotopic (exact) mass is 402 g/mol. The summed E-state index contributed by atoms with van der Waals surface area (Å²) in [5, 5.41) is 11.8. The SMILES string of the molecule is CCO[C@@H](Cc1ccc(CCCn2c3ccccc3c3ccncc32)cc1)C(=O)O. The van der Waals surface area contributed by atoms with Crippen LogP contribution in [0.15, 0.2) is 67.0 Å². The highest BCUT2D eigenvalue weighted by Crippen LogP contribution is 2.28. The molecule has 0 saturated heterocycles. The van der Waals surface area contributed by atoms with Crippen molar-refractivity contribution in [3.63, 3.8) is 0 Å². The summed E-state index contributed by atoms with van der Waals surface area (Å²) in [4.78, 5) is 15.6. The molecule has 154 valence electrons. The number of hydrogen-bond acceptors (Lipinski definition) is 3. The van der Waals surface area contributed by atoms with Crippen LogP contribution < -0.4 is 0 Å². The van der Waals surface area contributed by atoms with Crippen LogP contribution in [0.2, 0.25) is 0 Å². The average Bonchev–Trinajstić information content (AvgIpc) is 3.09. The third kappa shape index (κ3) is 4.21. The Morgan fingerprint density at radius 3 is 2.53 bits per heavy atom. The summed E-state index contributed by atoms with van der Waals surface area (Å²) in [6.45, 7) is 3.13. The Balaban J connectivity index is 1.43. The number of aryl methyl sites for hydroxylation is 2. The number of rotatable bonds is 9. The van der Waals surface area contributed by atoms with Crippen molar-refractivity contribution < 1.29 is 14.6 Å². The summed E-state index contributed by atoms with van der Waals surface area (Å²) in [7, 11) is 0. The van der Waals surface area contributed by atoms with Crippen molar-refractivity contribution in [1.29, 1.82) is 0 Å². The van der Waals surface area contributed by atoms with Crippen LogP contribution in [0.4, 0.5) is 0 Å².